The van der Waals surface area contributed by atoms with E-state index in [4.69, 9.17) is 21.1 Å². The number of carbonyl (C=O) groups excluding carboxylic acids is 2. The van der Waals surface area contributed by atoms with Gasteiger partial charge in [0.1, 0.15) is 0 Å². The second kappa shape index (κ2) is 10.2. The molecule has 0 atom stereocenters. The third-order valence-corrected chi connectivity index (χ3v) is 6.13. The molecule has 9 nitrogen and oxygen atoms in total. The van der Waals surface area contributed by atoms with E-state index in [-0.39, 0.29) is 21.8 Å². The number of carbonyl (C=O) groups is 2. The number of nitrogens with zero attached hydrogens (tertiary/aromatic N) is 2. The molecule has 1 amide bonds. The molecule has 0 spiro atoms. The number of benzene rings is 1. The highest BCUT2D eigenvalue weighted by atomic mass is 35.5. The quantitative estimate of drug-likeness (QED) is 0.394. The van der Waals surface area contributed by atoms with Crippen LogP contribution in [0.15, 0.2) is 18.2 Å². The average molecular weight is 440 g/mol. The van der Waals surface area contributed by atoms with Crippen LogP contribution in [0.2, 0.25) is 5.02 Å². The number of esters is 1. The van der Waals surface area contributed by atoms with Crippen LogP contribution in [0, 0.1) is 10.1 Å². The number of halogens is 1. The Kier molecular flexibility index (Phi) is 7.63. The summed E-state index contributed by atoms with van der Waals surface area (Å²) in [6.07, 6.45) is 5.45. The Morgan fingerprint density at radius 3 is 2.60 bits per heavy atom. The summed E-state index contributed by atoms with van der Waals surface area (Å²) in [6, 6.07) is 3.49. The van der Waals surface area contributed by atoms with Crippen LogP contribution in [-0.2, 0) is 14.3 Å². The number of hydrogen-bond donors (Lipinski definition) is 1. The van der Waals surface area contributed by atoms with Gasteiger partial charge in [-0.2, -0.15) is 0 Å². The molecular formula is C20H26ClN3O6. The number of rotatable bonds is 7. The normalized spacial score (nSPS) is 19.1. The van der Waals surface area contributed by atoms with Crippen molar-refractivity contribution in [1.29, 1.82) is 0 Å². The average Bonchev–Trinajstić information content (AvgIpc) is 2.77. The van der Waals surface area contributed by atoms with Gasteiger partial charge in [0.25, 0.3) is 11.6 Å². The van der Waals surface area contributed by atoms with Gasteiger partial charge in [0.2, 0.25) is 0 Å². The van der Waals surface area contributed by atoms with E-state index in [1.54, 1.807) is 0 Å². The molecule has 1 aromatic carbocycles. The van der Waals surface area contributed by atoms with Crippen molar-refractivity contribution in [2.45, 2.75) is 37.6 Å². The molecule has 1 aliphatic heterocycles. The predicted octanol–water partition coefficient (Wildman–Crippen LogP) is 2.56. The van der Waals surface area contributed by atoms with Crippen LogP contribution in [0.3, 0.4) is 0 Å². The molecule has 3 rings (SSSR count). The molecule has 0 unspecified atom stereocenters. The van der Waals surface area contributed by atoms with Gasteiger partial charge in [-0.15, -0.1) is 0 Å². The summed E-state index contributed by atoms with van der Waals surface area (Å²) in [6.45, 7) is 3.08. The predicted molar refractivity (Wildman–Crippen MR) is 110 cm³/mol. The zero-order valence-corrected chi connectivity index (χ0v) is 17.5. The SMILES string of the molecule is O=C(COC(=O)c1cc([N+](=O)[O-])ccc1Cl)NCC1(N2CCOCC2)CCCCC1. The lowest BCUT2D eigenvalue weighted by Gasteiger charge is -2.48. The third-order valence-electron chi connectivity index (χ3n) is 5.80. The highest BCUT2D eigenvalue weighted by Crippen LogP contribution is 2.33. The van der Waals surface area contributed by atoms with Gasteiger partial charge < -0.3 is 14.8 Å². The maximum absolute atomic E-state index is 12.3. The van der Waals surface area contributed by atoms with E-state index in [2.05, 4.69) is 10.2 Å². The first-order valence-corrected chi connectivity index (χ1v) is 10.5. The monoisotopic (exact) mass is 439 g/mol. The van der Waals surface area contributed by atoms with Gasteiger partial charge in [0.05, 0.1) is 28.7 Å². The summed E-state index contributed by atoms with van der Waals surface area (Å²) in [5.74, 6) is -1.29. The van der Waals surface area contributed by atoms with Crippen LogP contribution in [0.25, 0.3) is 0 Å². The van der Waals surface area contributed by atoms with Crippen molar-refractivity contribution in [3.05, 3.63) is 38.9 Å². The lowest BCUT2D eigenvalue weighted by Crippen LogP contribution is -2.59. The summed E-state index contributed by atoms with van der Waals surface area (Å²) in [5.41, 5.74) is -0.512. The van der Waals surface area contributed by atoms with Gasteiger partial charge >= 0.3 is 5.97 Å². The Morgan fingerprint density at radius 1 is 1.23 bits per heavy atom. The van der Waals surface area contributed by atoms with E-state index in [0.717, 1.165) is 44.8 Å². The highest BCUT2D eigenvalue weighted by molar-refractivity contribution is 6.33. The Balaban J connectivity index is 1.55. The number of hydrogen-bond acceptors (Lipinski definition) is 7. The fraction of sp³-hybridized carbons (Fsp3) is 0.600. The number of non-ortho nitro benzene ring substituents is 1. The second-order valence-electron chi connectivity index (χ2n) is 7.66. The zero-order chi connectivity index (χ0) is 21.6. The highest BCUT2D eigenvalue weighted by Gasteiger charge is 2.38. The third kappa shape index (κ3) is 5.47. The van der Waals surface area contributed by atoms with Crippen molar-refractivity contribution < 1.29 is 24.0 Å². The molecule has 10 heteroatoms. The topological polar surface area (TPSA) is 111 Å². The molecule has 1 N–H and O–H groups in total. The Morgan fingerprint density at radius 2 is 1.93 bits per heavy atom. The molecule has 30 heavy (non-hydrogen) atoms. The number of ether oxygens (including phenoxy) is 2. The fourth-order valence-electron chi connectivity index (χ4n) is 4.16. The number of nitrogens with one attached hydrogen (secondary N) is 1. The molecule has 2 aliphatic rings. The van der Waals surface area contributed by atoms with Crippen molar-refractivity contribution >= 4 is 29.2 Å². The van der Waals surface area contributed by atoms with Crippen LogP contribution < -0.4 is 5.32 Å². The van der Waals surface area contributed by atoms with Gasteiger partial charge in [0.15, 0.2) is 6.61 Å². The molecule has 164 valence electrons. The van der Waals surface area contributed by atoms with Crippen LogP contribution in [0.4, 0.5) is 5.69 Å². The van der Waals surface area contributed by atoms with E-state index >= 15 is 0 Å². The van der Waals surface area contributed by atoms with E-state index in [9.17, 15) is 19.7 Å². The summed E-state index contributed by atoms with van der Waals surface area (Å²) in [7, 11) is 0. The second-order valence-corrected chi connectivity index (χ2v) is 8.07. The molecule has 1 saturated carbocycles. The largest absolute Gasteiger partial charge is 0.452 e. The van der Waals surface area contributed by atoms with Crippen molar-refractivity contribution in [3.63, 3.8) is 0 Å². The number of amides is 1. The summed E-state index contributed by atoms with van der Waals surface area (Å²) < 4.78 is 10.5. The molecule has 1 aliphatic carbocycles. The summed E-state index contributed by atoms with van der Waals surface area (Å²) in [4.78, 5) is 37.2. The number of nitro groups is 1. The van der Waals surface area contributed by atoms with E-state index in [1.165, 1.54) is 18.6 Å². The van der Waals surface area contributed by atoms with Gasteiger partial charge in [-0.25, -0.2) is 4.79 Å². The lowest BCUT2D eigenvalue weighted by atomic mass is 9.79. The van der Waals surface area contributed by atoms with Gasteiger partial charge in [-0.3, -0.25) is 19.8 Å². The molecule has 1 aromatic rings. The minimum atomic E-state index is -0.876. The molecule has 1 saturated heterocycles. The molecule has 0 aromatic heterocycles. The van der Waals surface area contributed by atoms with E-state index in [0.29, 0.717) is 19.8 Å². The molecule has 1 heterocycles. The minimum absolute atomic E-state index is 0.0273. The number of nitro benzene ring substituents is 1. The van der Waals surface area contributed by atoms with Crippen molar-refractivity contribution in [2.75, 3.05) is 39.5 Å². The van der Waals surface area contributed by atoms with Gasteiger partial charge in [-0.1, -0.05) is 30.9 Å². The standard InChI is InChI=1S/C20H26ClN3O6/c21-17-5-4-15(24(27)28)12-16(17)19(26)30-13-18(25)22-14-20(6-2-1-3-7-20)23-8-10-29-11-9-23/h4-5,12H,1-3,6-11,13-14H2,(H,22,25). The minimum Gasteiger partial charge on any atom is -0.452 e. The van der Waals surface area contributed by atoms with Crippen molar-refractivity contribution in [1.82, 2.24) is 10.2 Å². The maximum Gasteiger partial charge on any atom is 0.340 e. The zero-order valence-electron chi connectivity index (χ0n) is 16.7. The summed E-state index contributed by atoms with van der Waals surface area (Å²) in [5, 5.41) is 13.8. The lowest BCUT2D eigenvalue weighted by molar-refractivity contribution is -0.384. The molecule has 0 radical (unpaired) electrons. The van der Waals surface area contributed by atoms with Crippen molar-refractivity contribution in [2.24, 2.45) is 0 Å². The van der Waals surface area contributed by atoms with Crippen molar-refractivity contribution in [3.8, 4) is 0 Å². The molecule has 2 fully saturated rings. The van der Waals surface area contributed by atoms with Gasteiger partial charge in [0, 0.05) is 37.3 Å². The first kappa shape index (κ1) is 22.5. The molecular weight excluding hydrogens is 414 g/mol. The number of morpholine rings is 1. The van der Waals surface area contributed by atoms with Crippen LogP contribution in [0.5, 0.6) is 0 Å². The van der Waals surface area contributed by atoms with Crippen LogP contribution >= 0.6 is 11.6 Å². The smallest absolute Gasteiger partial charge is 0.340 e. The van der Waals surface area contributed by atoms with Gasteiger partial charge in [-0.05, 0) is 18.9 Å². The maximum atomic E-state index is 12.3. The van der Waals surface area contributed by atoms with E-state index in [1.807, 2.05) is 0 Å². The van der Waals surface area contributed by atoms with Crippen LogP contribution in [0.1, 0.15) is 42.5 Å². The van der Waals surface area contributed by atoms with E-state index < -0.39 is 23.4 Å². The Hall–Kier alpha value is -2.23. The first-order valence-electron chi connectivity index (χ1n) is 10.1. The fourth-order valence-corrected chi connectivity index (χ4v) is 4.35. The first-order chi connectivity index (χ1) is 14.4. The Bertz CT molecular complexity index is 791. The Labute approximate surface area is 179 Å². The molecule has 0 bridgehead atoms. The summed E-state index contributed by atoms with van der Waals surface area (Å²) >= 11 is 5.94. The van der Waals surface area contributed by atoms with Crippen LogP contribution in [-0.4, -0.2) is 66.7 Å².